The molecule has 1 aromatic rings. The Labute approximate surface area is 130 Å². The first-order valence-electron chi connectivity index (χ1n) is 7.72. The van der Waals surface area contributed by atoms with Crippen LogP contribution in [0.2, 0.25) is 0 Å². The Bertz CT molecular complexity index is 544. The van der Waals surface area contributed by atoms with Crippen molar-refractivity contribution in [3.63, 3.8) is 0 Å². The van der Waals surface area contributed by atoms with Gasteiger partial charge < -0.3 is 10.1 Å². The smallest absolute Gasteiger partial charge is 0.325 e. The van der Waals surface area contributed by atoms with Crippen molar-refractivity contribution >= 4 is 11.9 Å². The summed E-state index contributed by atoms with van der Waals surface area (Å²) in [6.45, 7) is 6.64. The first-order valence-corrected chi connectivity index (χ1v) is 7.72. The quantitative estimate of drug-likeness (QED) is 0.786. The van der Waals surface area contributed by atoms with Crippen LogP contribution in [0.5, 0.6) is 5.88 Å². The predicted molar refractivity (Wildman–Crippen MR) is 82.4 cm³/mol. The highest BCUT2D eigenvalue weighted by Crippen LogP contribution is 2.24. The molecule has 3 amide bonds. The van der Waals surface area contributed by atoms with Crippen molar-refractivity contribution in [1.82, 2.24) is 15.2 Å². The van der Waals surface area contributed by atoms with Gasteiger partial charge in [-0.05, 0) is 25.3 Å². The minimum atomic E-state index is -0.788. The normalized spacial score (nSPS) is 21.1. The molecular weight excluding hydrogens is 282 g/mol. The van der Waals surface area contributed by atoms with Crippen LogP contribution >= 0.6 is 0 Å². The Hall–Kier alpha value is -2.11. The minimum absolute atomic E-state index is 0.175. The minimum Gasteiger partial charge on any atom is -0.478 e. The number of carbonyl (C=O) groups is 2. The Morgan fingerprint density at radius 2 is 2.05 bits per heavy atom. The van der Waals surface area contributed by atoms with Crippen molar-refractivity contribution in [2.75, 3.05) is 6.61 Å². The van der Waals surface area contributed by atoms with Gasteiger partial charge in [0, 0.05) is 12.3 Å². The van der Waals surface area contributed by atoms with Crippen molar-refractivity contribution in [1.29, 1.82) is 0 Å². The molecule has 0 saturated carbocycles. The molecule has 1 atom stereocenters. The highest BCUT2D eigenvalue weighted by Gasteiger charge is 2.46. The fourth-order valence-electron chi connectivity index (χ4n) is 2.54. The van der Waals surface area contributed by atoms with Gasteiger partial charge >= 0.3 is 6.03 Å². The zero-order valence-corrected chi connectivity index (χ0v) is 13.4. The second-order valence-corrected chi connectivity index (χ2v) is 5.76. The first kappa shape index (κ1) is 16.3. The number of aromatic nitrogens is 1. The maximum Gasteiger partial charge on any atom is 0.325 e. The molecule has 0 aliphatic carbocycles. The summed E-state index contributed by atoms with van der Waals surface area (Å²) in [5, 5.41) is 2.78. The van der Waals surface area contributed by atoms with Crippen LogP contribution in [0, 0.1) is 0 Å². The number of nitrogens with zero attached hydrogens (tertiary/aromatic N) is 2. The number of rotatable bonds is 7. The number of imide groups is 1. The van der Waals surface area contributed by atoms with Gasteiger partial charge in [-0.1, -0.05) is 26.3 Å². The monoisotopic (exact) mass is 305 g/mol. The summed E-state index contributed by atoms with van der Waals surface area (Å²) in [4.78, 5) is 29.9. The zero-order valence-electron chi connectivity index (χ0n) is 13.4. The van der Waals surface area contributed by atoms with E-state index < -0.39 is 5.54 Å². The lowest BCUT2D eigenvalue weighted by molar-refractivity contribution is -0.131. The van der Waals surface area contributed by atoms with Crippen molar-refractivity contribution in [3.05, 3.63) is 23.9 Å². The number of hydrogen-bond acceptors (Lipinski definition) is 4. The third kappa shape index (κ3) is 3.37. The van der Waals surface area contributed by atoms with Gasteiger partial charge in [0.25, 0.3) is 5.91 Å². The Morgan fingerprint density at radius 3 is 2.64 bits per heavy atom. The third-order valence-corrected chi connectivity index (χ3v) is 3.69. The average molecular weight is 305 g/mol. The van der Waals surface area contributed by atoms with E-state index in [1.165, 1.54) is 4.90 Å². The van der Waals surface area contributed by atoms with Gasteiger partial charge in [0.2, 0.25) is 5.88 Å². The molecule has 1 fully saturated rings. The van der Waals surface area contributed by atoms with Crippen molar-refractivity contribution < 1.29 is 14.3 Å². The summed E-state index contributed by atoms with van der Waals surface area (Å²) in [5.74, 6) is 0.379. The SMILES string of the molecule is CCCOc1ccc(CN2C(=O)N[C@@](C)(CCC)C2=O)cn1. The molecule has 2 heterocycles. The lowest BCUT2D eigenvalue weighted by Crippen LogP contribution is -2.43. The maximum absolute atomic E-state index is 12.4. The van der Waals surface area contributed by atoms with E-state index >= 15 is 0 Å². The molecule has 0 aromatic carbocycles. The molecule has 0 unspecified atom stereocenters. The summed E-state index contributed by atoms with van der Waals surface area (Å²) in [7, 11) is 0. The van der Waals surface area contributed by atoms with Crippen LogP contribution < -0.4 is 10.1 Å². The fourth-order valence-corrected chi connectivity index (χ4v) is 2.54. The van der Waals surface area contributed by atoms with Gasteiger partial charge in [-0.15, -0.1) is 0 Å². The Balaban J connectivity index is 2.04. The van der Waals surface area contributed by atoms with E-state index in [1.54, 1.807) is 19.2 Å². The largest absolute Gasteiger partial charge is 0.478 e. The summed E-state index contributed by atoms with van der Waals surface area (Å²) in [6, 6.07) is 3.25. The molecule has 1 N–H and O–H groups in total. The highest BCUT2D eigenvalue weighted by molar-refractivity contribution is 6.06. The van der Waals surface area contributed by atoms with E-state index in [0.717, 1.165) is 18.4 Å². The zero-order chi connectivity index (χ0) is 16.2. The van der Waals surface area contributed by atoms with Crippen molar-refractivity contribution in [3.8, 4) is 5.88 Å². The highest BCUT2D eigenvalue weighted by atomic mass is 16.5. The van der Waals surface area contributed by atoms with Crippen LogP contribution in [0.4, 0.5) is 4.79 Å². The fraction of sp³-hybridized carbons (Fsp3) is 0.562. The van der Waals surface area contributed by atoms with Crippen LogP contribution in [0.1, 0.15) is 45.6 Å². The third-order valence-electron chi connectivity index (χ3n) is 3.69. The second kappa shape index (κ2) is 6.77. The molecule has 1 saturated heterocycles. The summed E-state index contributed by atoms with van der Waals surface area (Å²) < 4.78 is 5.42. The van der Waals surface area contributed by atoms with E-state index in [-0.39, 0.29) is 18.5 Å². The number of ether oxygens (including phenoxy) is 1. The van der Waals surface area contributed by atoms with E-state index in [4.69, 9.17) is 4.74 Å². The summed E-state index contributed by atoms with van der Waals surface area (Å²) in [5.41, 5.74) is 0.0109. The van der Waals surface area contributed by atoms with Crippen LogP contribution in [-0.4, -0.2) is 34.0 Å². The van der Waals surface area contributed by atoms with Gasteiger partial charge in [-0.2, -0.15) is 0 Å². The van der Waals surface area contributed by atoms with Crippen LogP contribution in [-0.2, 0) is 11.3 Å². The molecule has 0 spiro atoms. The molecule has 1 aromatic heterocycles. The van der Waals surface area contributed by atoms with Gasteiger partial charge in [0.15, 0.2) is 0 Å². The maximum atomic E-state index is 12.4. The number of nitrogens with one attached hydrogen (secondary N) is 1. The standard InChI is InChI=1S/C16H23N3O3/c1-4-8-16(3)14(20)19(15(21)18-16)11-12-6-7-13(17-10-12)22-9-5-2/h6-7,10H,4-5,8-9,11H2,1-3H3,(H,18,21)/t16-/m0/s1. The van der Waals surface area contributed by atoms with E-state index in [2.05, 4.69) is 10.3 Å². The predicted octanol–water partition coefficient (Wildman–Crippen LogP) is 2.48. The lowest BCUT2D eigenvalue weighted by Gasteiger charge is -2.20. The summed E-state index contributed by atoms with van der Waals surface area (Å²) in [6.07, 6.45) is 4.03. The van der Waals surface area contributed by atoms with Gasteiger partial charge in [-0.3, -0.25) is 9.69 Å². The van der Waals surface area contributed by atoms with E-state index in [0.29, 0.717) is 18.9 Å². The molecule has 6 heteroatoms. The first-order chi connectivity index (χ1) is 10.5. The number of urea groups is 1. The van der Waals surface area contributed by atoms with E-state index in [9.17, 15) is 9.59 Å². The summed E-state index contributed by atoms with van der Waals surface area (Å²) >= 11 is 0. The molecule has 1 aliphatic heterocycles. The number of hydrogen-bond donors (Lipinski definition) is 1. The van der Waals surface area contributed by atoms with Crippen LogP contribution in [0.15, 0.2) is 18.3 Å². The Kier molecular flexibility index (Phi) is 5.00. The van der Waals surface area contributed by atoms with Crippen molar-refractivity contribution in [2.24, 2.45) is 0 Å². The van der Waals surface area contributed by atoms with Gasteiger partial charge in [0.1, 0.15) is 5.54 Å². The molecule has 0 radical (unpaired) electrons. The van der Waals surface area contributed by atoms with Crippen LogP contribution in [0.25, 0.3) is 0 Å². The second-order valence-electron chi connectivity index (χ2n) is 5.76. The Morgan fingerprint density at radius 1 is 1.27 bits per heavy atom. The molecular formula is C16H23N3O3. The van der Waals surface area contributed by atoms with Crippen LogP contribution in [0.3, 0.4) is 0 Å². The number of pyridine rings is 1. The van der Waals surface area contributed by atoms with Gasteiger partial charge in [-0.25, -0.2) is 9.78 Å². The molecule has 22 heavy (non-hydrogen) atoms. The van der Waals surface area contributed by atoms with Crippen molar-refractivity contribution in [2.45, 2.75) is 52.1 Å². The number of carbonyl (C=O) groups excluding carboxylic acids is 2. The lowest BCUT2D eigenvalue weighted by atomic mass is 9.96. The topological polar surface area (TPSA) is 71.5 Å². The van der Waals surface area contributed by atoms with E-state index in [1.807, 2.05) is 19.9 Å². The van der Waals surface area contributed by atoms with Gasteiger partial charge in [0.05, 0.1) is 13.2 Å². The molecule has 2 rings (SSSR count). The molecule has 1 aliphatic rings. The molecule has 0 bridgehead atoms. The molecule has 6 nitrogen and oxygen atoms in total. The number of amides is 3. The molecule has 120 valence electrons. The average Bonchev–Trinajstić information content (AvgIpc) is 2.70.